The van der Waals surface area contributed by atoms with Crippen molar-refractivity contribution in [1.29, 1.82) is 0 Å². The van der Waals surface area contributed by atoms with Crippen molar-refractivity contribution < 1.29 is 10.0 Å². The molecule has 0 spiro atoms. The van der Waals surface area contributed by atoms with Crippen molar-refractivity contribution in [2.24, 2.45) is 0 Å². The molecule has 0 fully saturated rings. The molecule has 0 bridgehead atoms. The fourth-order valence-electron chi connectivity index (χ4n) is 0.591. The molecule has 0 atom stereocenters. The minimum atomic E-state index is -0.288. The van der Waals surface area contributed by atoms with Crippen molar-refractivity contribution in [3.8, 4) is 0 Å². The molecule has 0 aromatic carbocycles. The molecule has 0 rings (SSSR count). The minimum Gasteiger partial charge on any atom is -0.289 e. The van der Waals surface area contributed by atoms with Gasteiger partial charge in [0.1, 0.15) is 0 Å². The number of hydrogen-bond donors (Lipinski definition) is 2. The van der Waals surface area contributed by atoms with Crippen LogP contribution in [0.2, 0.25) is 0 Å². The van der Waals surface area contributed by atoms with Crippen LogP contribution in [-0.2, 0) is 4.79 Å². The molecule has 0 aliphatic heterocycles. The van der Waals surface area contributed by atoms with Crippen molar-refractivity contribution in [1.82, 2.24) is 5.48 Å². The first-order chi connectivity index (χ1) is 4.31. The van der Waals surface area contributed by atoms with Gasteiger partial charge in [-0.3, -0.25) is 10.0 Å². The summed E-state index contributed by atoms with van der Waals surface area (Å²) in [4.78, 5) is 10.3. The maximum absolute atomic E-state index is 10.3. The maximum Gasteiger partial charge on any atom is 0.243 e. The molecule has 0 unspecified atom stereocenters. The molecule has 0 aromatic rings. The number of rotatable bonds is 4. The van der Waals surface area contributed by atoms with Gasteiger partial charge in [-0.05, 0) is 6.42 Å². The normalized spacial score (nSPS) is 7.45. The van der Waals surface area contributed by atoms with Crippen LogP contribution in [-0.4, -0.2) is 11.1 Å². The van der Waals surface area contributed by atoms with E-state index in [1.54, 1.807) is 5.48 Å². The van der Waals surface area contributed by atoms with Crippen LogP contribution in [0.1, 0.15) is 32.6 Å². The summed E-state index contributed by atoms with van der Waals surface area (Å²) in [5.74, 6) is -0.288. The second kappa shape index (κ2) is 12.7. The zero-order chi connectivity index (χ0) is 7.11. The zero-order valence-electron chi connectivity index (χ0n) is 6.50. The van der Waals surface area contributed by atoms with Gasteiger partial charge in [0.25, 0.3) is 0 Å². The highest BCUT2D eigenvalue weighted by Gasteiger charge is 1.95. The Hall–Kier alpha value is 0.01000. The van der Waals surface area contributed by atoms with Crippen molar-refractivity contribution in [3.05, 3.63) is 0 Å². The van der Waals surface area contributed by atoms with Gasteiger partial charge in [0, 0.05) is 6.42 Å². The SMILES string of the molecule is CCCCCC(=O)NO.Cl.Cl. The molecule has 1 amide bonds. The quantitative estimate of drug-likeness (QED) is 0.417. The van der Waals surface area contributed by atoms with E-state index < -0.39 is 0 Å². The summed E-state index contributed by atoms with van der Waals surface area (Å²) < 4.78 is 0. The highest BCUT2D eigenvalue weighted by Crippen LogP contribution is 1.97. The Balaban J connectivity index is -0.000000320. The Morgan fingerprint density at radius 1 is 1.36 bits per heavy atom. The number of carbonyl (C=O) groups excluding carboxylic acids is 1. The molecule has 5 heteroatoms. The molecule has 0 radical (unpaired) electrons. The third-order valence-electron chi connectivity index (χ3n) is 1.13. The second-order valence-corrected chi connectivity index (χ2v) is 1.99. The molecule has 3 nitrogen and oxygen atoms in total. The Morgan fingerprint density at radius 3 is 2.27 bits per heavy atom. The van der Waals surface area contributed by atoms with Gasteiger partial charge in [-0.15, -0.1) is 24.8 Å². The van der Waals surface area contributed by atoms with Crippen molar-refractivity contribution in [2.45, 2.75) is 32.6 Å². The van der Waals surface area contributed by atoms with Crippen LogP contribution in [0.3, 0.4) is 0 Å². The van der Waals surface area contributed by atoms with E-state index in [9.17, 15) is 4.79 Å². The largest absolute Gasteiger partial charge is 0.289 e. The predicted molar refractivity (Wildman–Crippen MR) is 48.6 cm³/mol. The highest BCUT2D eigenvalue weighted by molar-refractivity contribution is 5.85. The van der Waals surface area contributed by atoms with Gasteiger partial charge in [0.05, 0.1) is 0 Å². The fourth-order valence-corrected chi connectivity index (χ4v) is 0.591. The molecule has 2 N–H and O–H groups in total. The van der Waals surface area contributed by atoms with Crippen LogP contribution >= 0.6 is 24.8 Å². The molecule has 0 aliphatic rings. The van der Waals surface area contributed by atoms with Gasteiger partial charge in [-0.1, -0.05) is 19.8 Å². The summed E-state index contributed by atoms with van der Waals surface area (Å²) in [7, 11) is 0. The lowest BCUT2D eigenvalue weighted by Crippen LogP contribution is -2.17. The second-order valence-electron chi connectivity index (χ2n) is 1.99. The van der Waals surface area contributed by atoms with Crippen molar-refractivity contribution in [2.75, 3.05) is 0 Å². The van der Waals surface area contributed by atoms with Gasteiger partial charge < -0.3 is 0 Å². The molecule has 0 aromatic heterocycles. The smallest absolute Gasteiger partial charge is 0.243 e. The van der Waals surface area contributed by atoms with Crippen molar-refractivity contribution in [3.63, 3.8) is 0 Å². The fraction of sp³-hybridized carbons (Fsp3) is 0.833. The summed E-state index contributed by atoms with van der Waals surface area (Å²) in [6.45, 7) is 2.07. The standard InChI is InChI=1S/C6H13NO2.2ClH/c1-2-3-4-5-6(8)7-9;;/h9H,2-5H2,1H3,(H,7,8);2*1H. The molecular formula is C6H15Cl2NO2. The van der Waals surface area contributed by atoms with Crippen LogP contribution in [0.25, 0.3) is 0 Å². The van der Waals surface area contributed by atoms with Crippen LogP contribution in [0.4, 0.5) is 0 Å². The molecule has 0 saturated carbocycles. The summed E-state index contributed by atoms with van der Waals surface area (Å²) >= 11 is 0. The van der Waals surface area contributed by atoms with Gasteiger partial charge in [-0.2, -0.15) is 0 Å². The number of hydroxylamine groups is 1. The van der Waals surface area contributed by atoms with E-state index in [4.69, 9.17) is 5.21 Å². The van der Waals surface area contributed by atoms with E-state index in [1.807, 2.05) is 0 Å². The lowest BCUT2D eigenvalue weighted by atomic mass is 10.2. The number of hydrogen-bond acceptors (Lipinski definition) is 2. The van der Waals surface area contributed by atoms with E-state index in [-0.39, 0.29) is 30.7 Å². The molecule has 0 saturated heterocycles. The molecule has 70 valence electrons. The van der Waals surface area contributed by atoms with Gasteiger partial charge in [0.2, 0.25) is 5.91 Å². The first-order valence-electron chi connectivity index (χ1n) is 3.24. The van der Waals surface area contributed by atoms with Gasteiger partial charge in [-0.25, -0.2) is 5.48 Å². The minimum absolute atomic E-state index is 0. The molecule has 0 heterocycles. The number of halogens is 2. The van der Waals surface area contributed by atoms with E-state index in [0.717, 1.165) is 19.3 Å². The average molecular weight is 204 g/mol. The highest BCUT2D eigenvalue weighted by atomic mass is 35.5. The lowest BCUT2D eigenvalue weighted by Gasteiger charge is -1.95. The Labute approximate surface area is 79.3 Å². The van der Waals surface area contributed by atoms with Crippen LogP contribution < -0.4 is 5.48 Å². The van der Waals surface area contributed by atoms with Crippen LogP contribution in [0.15, 0.2) is 0 Å². The van der Waals surface area contributed by atoms with E-state index in [0.29, 0.717) is 6.42 Å². The zero-order valence-corrected chi connectivity index (χ0v) is 8.13. The summed E-state index contributed by atoms with van der Waals surface area (Å²) in [6, 6.07) is 0. The lowest BCUT2D eigenvalue weighted by molar-refractivity contribution is -0.129. The Morgan fingerprint density at radius 2 is 1.91 bits per heavy atom. The van der Waals surface area contributed by atoms with E-state index in [2.05, 4.69) is 6.92 Å². The third-order valence-corrected chi connectivity index (χ3v) is 1.13. The monoisotopic (exact) mass is 203 g/mol. The molecule has 0 aliphatic carbocycles. The van der Waals surface area contributed by atoms with Gasteiger partial charge >= 0.3 is 0 Å². The van der Waals surface area contributed by atoms with Crippen LogP contribution in [0.5, 0.6) is 0 Å². The summed E-state index contributed by atoms with van der Waals surface area (Å²) in [5, 5.41) is 8.03. The Bertz CT molecular complexity index is 90.7. The predicted octanol–water partition coefficient (Wildman–Crippen LogP) is 1.92. The van der Waals surface area contributed by atoms with Gasteiger partial charge in [0.15, 0.2) is 0 Å². The first kappa shape index (κ1) is 17.2. The Kier molecular flexibility index (Phi) is 19.8. The number of nitrogens with one attached hydrogen (secondary N) is 1. The number of carbonyl (C=O) groups is 1. The van der Waals surface area contributed by atoms with Crippen molar-refractivity contribution >= 4 is 30.7 Å². The average Bonchev–Trinajstić information content (AvgIpc) is 1.89. The first-order valence-corrected chi connectivity index (χ1v) is 3.24. The van der Waals surface area contributed by atoms with Crippen LogP contribution in [0, 0.1) is 0 Å². The topological polar surface area (TPSA) is 49.3 Å². The van der Waals surface area contributed by atoms with E-state index >= 15 is 0 Å². The molecular weight excluding hydrogens is 189 g/mol. The molecule has 11 heavy (non-hydrogen) atoms. The summed E-state index contributed by atoms with van der Waals surface area (Å²) in [6.07, 6.45) is 3.44. The summed E-state index contributed by atoms with van der Waals surface area (Å²) in [5.41, 5.74) is 1.58. The maximum atomic E-state index is 10.3. The van der Waals surface area contributed by atoms with E-state index in [1.165, 1.54) is 0 Å². The number of amides is 1. The third kappa shape index (κ3) is 13.1. The number of unbranched alkanes of at least 4 members (excludes halogenated alkanes) is 2.